The summed E-state index contributed by atoms with van der Waals surface area (Å²) < 4.78 is 26.1. The molecule has 0 radical (unpaired) electrons. The van der Waals surface area contributed by atoms with Crippen LogP contribution in [0, 0.1) is 11.3 Å². The van der Waals surface area contributed by atoms with Gasteiger partial charge in [-0.25, -0.2) is 13.1 Å². The summed E-state index contributed by atoms with van der Waals surface area (Å²) in [4.78, 5) is 0. The highest BCUT2D eigenvalue weighted by atomic mass is 32.2. The van der Waals surface area contributed by atoms with Crippen LogP contribution in [0.5, 0.6) is 0 Å². The van der Waals surface area contributed by atoms with E-state index < -0.39 is 10.0 Å². The van der Waals surface area contributed by atoms with E-state index in [9.17, 15) is 8.42 Å². The van der Waals surface area contributed by atoms with Crippen LogP contribution < -0.4 is 10.5 Å². The van der Waals surface area contributed by atoms with Crippen molar-refractivity contribution in [1.82, 2.24) is 4.72 Å². The molecule has 0 rings (SSSR count). The van der Waals surface area contributed by atoms with Gasteiger partial charge in [-0.15, -0.1) is 0 Å². The summed E-state index contributed by atoms with van der Waals surface area (Å²) in [5.41, 5.74) is 5.26. The molecule has 2 unspecified atom stereocenters. The molecular formula is C10H24N2O2S. The van der Waals surface area contributed by atoms with Crippen molar-refractivity contribution in [3.8, 4) is 0 Å². The van der Waals surface area contributed by atoms with Gasteiger partial charge in [0.2, 0.25) is 10.0 Å². The van der Waals surface area contributed by atoms with E-state index in [-0.39, 0.29) is 23.1 Å². The summed E-state index contributed by atoms with van der Waals surface area (Å²) in [5, 5.41) is 0. The lowest BCUT2D eigenvalue weighted by molar-refractivity contribution is 0.431. The van der Waals surface area contributed by atoms with E-state index in [4.69, 9.17) is 5.73 Å². The molecular weight excluding hydrogens is 212 g/mol. The lowest BCUT2D eigenvalue weighted by Crippen LogP contribution is -2.42. The highest BCUT2D eigenvalue weighted by molar-refractivity contribution is 7.89. The van der Waals surface area contributed by atoms with E-state index >= 15 is 0 Å². The molecule has 0 spiro atoms. The molecule has 15 heavy (non-hydrogen) atoms. The van der Waals surface area contributed by atoms with E-state index in [1.54, 1.807) is 0 Å². The molecule has 0 aliphatic rings. The molecule has 0 aromatic heterocycles. The number of hydrogen-bond donors (Lipinski definition) is 2. The molecule has 0 amide bonds. The molecule has 4 nitrogen and oxygen atoms in total. The maximum atomic E-state index is 11.7. The Morgan fingerprint density at radius 1 is 1.27 bits per heavy atom. The van der Waals surface area contributed by atoms with Crippen LogP contribution in [-0.4, -0.2) is 26.8 Å². The van der Waals surface area contributed by atoms with Crippen LogP contribution in [0.2, 0.25) is 0 Å². The van der Waals surface area contributed by atoms with Gasteiger partial charge in [0.1, 0.15) is 0 Å². The molecule has 0 aliphatic heterocycles. The fourth-order valence-electron chi connectivity index (χ4n) is 1.22. The maximum Gasteiger partial charge on any atom is 0.212 e. The Morgan fingerprint density at radius 2 is 1.73 bits per heavy atom. The third-order valence-corrected chi connectivity index (χ3v) is 4.19. The third-order valence-electron chi connectivity index (χ3n) is 2.21. The minimum absolute atomic E-state index is 0.109. The first-order chi connectivity index (χ1) is 6.57. The SMILES string of the molecule is CC(CN)C(C)NS(=O)(=O)CC(C)(C)C. The number of nitrogens with two attached hydrogens (primary N) is 1. The van der Waals surface area contributed by atoms with Crippen LogP contribution in [-0.2, 0) is 10.0 Å². The number of sulfonamides is 1. The Labute approximate surface area is 93.7 Å². The Bertz CT molecular complexity index is 280. The molecule has 0 saturated heterocycles. The van der Waals surface area contributed by atoms with Gasteiger partial charge >= 0.3 is 0 Å². The molecule has 0 aliphatic carbocycles. The summed E-state index contributed by atoms with van der Waals surface area (Å²) in [7, 11) is -3.20. The smallest absolute Gasteiger partial charge is 0.212 e. The van der Waals surface area contributed by atoms with Crippen LogP contribution >= 0.6 is 0 Å². The van der Waals surface area contributed by atoms with E-state index in [1.165, 1.54) is 0 Å². The van der Waals surface area contributed by atoms with Gasteiger partial charge < -0.3 is 5.73 Å². The predicted octanol–water partition coefficient (Wildman–Crippen LogP) is 0.935. The second-order valence-electron chi connectivity index (χ2n) is 5.44. The fourth-order valence-corrected chi connectivity index (χ4v) is 3.24. The van der Waals surface area contributed by atoms with Crippen LogP contribution in [0.1, 0.15) is 34.6 Å². The quantitative estimate of drug-likeness (QED) is 0.746. The van der Waals surface area contributed by atoms with Crippen molar-refractivity contribution in [1.29, 1.82) is 0 Å². The van der Waals surface area contributed by atoms with Gasteiger partial charge in [-0.05, 0) is 24.8 Å². The molecule has 3 N–H and O–H groups in total. The standard InChI is InChI=1S/C10H24N2O2S/c1-8(6-11)9(2)12-15(13,14)7-10(3,4)5/h8-9,12H,6-7,11H2,1-5H3. The first-order valence-corrected chi connectivity index (χ1v) is 6.93. The first-order valence-electron chi connectivity index (χ1n) is 5.27. The highest BCUT2D eigenvalue weighted by Gasteiger charge is 2.24. The third kappa shape index (κ3) is 6.87. The lowest BCUT2D eigenvalue weighted by Gasteiger charge is -2.23. The van der Waals surface area contributed by atoms with Gasteiger partial charge in [-0.3, -0.25) is 0 Å². The van der Waals surface area contributed by atoms with Gasteiger partial charge in [0.15, 0.2) is 0 Å². The van der Waals surface area contributed by atoms with E-state index in [0.29, 0.717) is 6.54 Å². The summed E-state index contributed by atoms with van der Waals surface area (Å²) in [6, 6.07) is -0.109. The zero-order chi connectivity index (χ0) is 12.3. The molecule has 0 aromatic rings. The molecule has 5 heteroatoms. The van der Waals surface area contributed by atoms with E-state index in [2.05, 4.69) is 4.72 Å². The number of nitrogens with one attached hydrogen (secondary N) is 1. The summed E-state index contributed by atoms with van der Waals surface area (Å²) in [5.74, 6) is 0.293. The lowest BCUT2D eigenvalue weighted by atomic mass is 10.0. The Morgan fingerprint density at radius 3 is 2.07 bits per heavy atom. The van der Waals surface area contributed by atoms with E-state index in [1.807, 2.05) is 34.6 Å². The molecule has 2 atom stereocenters. The maximum absolute atomic E-state index is 11.7. The summed E-state index contributed by atoms with van der Waals surface area (Å²) in [6.07, 6.45) is 0. The molecule has 0 fully saturated rings. The summed E-state index contributed by atoms with van der Waals surface area (Å²) >= 11 is 0. The average Bonchev–Trinajstić information content (AvgIpc) is 1.96. The Hall–Kier alpha value is -0.130. The second kappa shape index (κ2) is 5.27. The van der Waals surface area contributed by atoms with E-state index in [0.717, 1.165) is 0 Å². The molecule has 0 bridgehead atoms. The van der Waals surface area contributed by atoms with Gasteiger partial charge in [0, 0.05) is 6.04 Å². The normalized spacial score (nSPS) is 17.5. The van der Waals surface area contributed by atoms with Crippen molar-refractivity contribution in [2.45, 2.75) is 40.7 Å². The predicted molar refractivity (Wildman–Crippen MR) is 64.1 cm³/mol. The van der Waals surface area contributed by atoms with Crippen LogP contribution in [0.3, 0.4) is 0 Å². The first kappa shape index (κ1) is 14.9. The molecule has 0 saturated carbocycles. The van der Waals surface area contributed by atoms with Gasteiger partial charge in [-0.1, -0.05) is 27.7 Å². The van der Waals surface area contributed by atoms with Crippen LogP contribution in [0.4, 0.5) is 0 Å². The van der Waals surface area contributed by atoms with Crippen molar-refractivity contribution < 1.29 is 8.42 Å². The van der Waals surface area contributed by atoms with Crippen molar-refractivity contribution >= 4 is 10.0 Å². The van der Waals surface area contributed by atoms with Crippen molar-refractivity contribution in [3.05, 3.63) is 0 Å². The minimum Gasteiger partial charge on any atom is -0.330 e. The minimum atomic E-state index is -3.20. The van der Waals surface area contributed by atoms with Crippen molar-refractivity contribution in [2.75, 3.05) is 12.3 Å². The van der Waals surface area contributed by atoms with Crippen molar-refractivity contribution in [2.24, 2.45) is 17.1 Å². The van der Waals surface area contributed by atoms with Crippen LogP contribution in [0.25, 0.3) is 0 Å². The molecule has 0 aromatic carbocycles. The summed E-state index contributed by atoms with van der Waals surface area (Å²) in [6.45, 7) is 9.98. The average molecular weight is 236 g/mol. The largest absolute Gasteiger partial charge is 0.330 e. The van der Waals surface area contributed by atoms with Gasteiger partial charge in [0.25, 0.3) is 0 Å². The topological polar surface area (TPSA) is 72.2 Å². The Kier molecular flexibility index (Phi) is 5.23. The Balaban J connectivity index is 4.40. The fraction of sp³-hybridized carbons (Fsp3) is 1.00. The van der Waals surface area contributed by atoms with Gasteiger partial charge in [0.05, 0.1) is 5.75 Å². The van der Waals surface area contributed by atoms with Gasteiger partial charge in [-0.2, -0.15) is 0 Å². The molecule has 92 valence electrons. The number of hydrogen-bond acceptors (Lipinski definition) is 3. The monoisotopic (exact) mass is 236 g/mol. The molecule has 0 heterocycles. The van der Waals surface area contributed by atoms with Crippen molar-refractivity contribution in [3.63, 3.8) is 0 Å². The zero-order valence-corrected chi connectivity index (χ0v) is 11.2. The number of rotatable bonds is 5. The highest BCUT2D eigenvalue weighted by Crippen LogP contribution is 2.16. The zero-order valence-electron chi connectivity index (χ0n) is 10.4. The second-order valence-corrected chi connectivity index (χ2v) is 7.19. The van der Waals surface area contributed by atoms with Crippen LogP contribution in [0.15, 0.2) is 0 Å².